The minimum absolute atomic E-state index is 0.0267. The molecule has 0 unspecified atom stereocenters. The largest absolute Gasteiger partial charge is 0.370 e. The second-order valence-electron chi connectivity index (χ2n) is 5.54. The van der Waals surface area contributed by atoms with Crippen LogP contribution in [-0.4, -0.2) is 48.6 Å². The number of halogens is 1. The van der Waals surface area contributed by atoms with E-state index in [9.17, 15) is 9.18 Å². The monoisotopic (exact) mass is 326 g/mol. The molecule has 0 radical (unpaired) electrons. The zero-order valence-corrected chi connectivity index (χ0v) is 13.9. The number of benzene rings is 1. The fourth-order valence-corrected chi connectivity index (χ4v) is 3.01. The van der Waals surface area contributed by atoms with Crippen molar-refractivity contribution in [3.8, 4) is 0 Å². The molecular weight excluding hydrogens is 303 g/mol. The van der Waals surface area contributed by atoms with Crippen molar-refractivity contribution >= 4 is 17.7 Å². The number of thioether (sulfide) groups is 1. The van der Waals surface area contributed by atoms with Gasteiger partial charge < -0.3 is 15.4 Å². The van der Waals surface area contributed by atoms with Gasteiger partial charge >= 0.3 is 0 Å². The third-order valence-electron chi connectivity index (χ3n) is 3.88. The standard InChI is InChI=1S/C16H23FN2O2S/c1-11-9-12(3-4-13(11)17)15-10-19(6-7-21-15)16(20)14(18)5-8-22-2/h3-4,9,14-15H,5-8,10,18H2,1-2H3/t14-,15+/m0/s1. The Kier molecular flexibility index (Phi) is 6.23. The summed E-state index contributed by atoms with van der Waals surface area (Å²) < 4.78 is 19.1. The van der Waals surface area contributed by atoms with Crippen LogP contribution in [0.15, 0.2) is 18.2 Å². The van der Waals surface area contributed by atoms with Gasteiger partial charge in [0.15, 0.2) is 0 Å². The van der Waals surface area contributed by atoms with Crippen LogP contribution in [0.25, 0.3) is 0 Å². The Morgan fingerprint density at radius 2 is 2.36 bits per heavy atom. The molecule has 4 nitrogen and oxygen atoms in total. The van der Waals surface area contributed by atoms with Crippen LogP contribution in [0.1, 0.15) is 23.7 Å². The van der Waals surface area contributed by atoms with Crippen molar-refractivity contribution < 1.29 is 13.9 Å². The van der Waals surface area contributed by atoms with E-state index < -0.39 is 6.04 Å². The molecule has 0 aromatic heterocycles. The van der Waals surface area contributed by atoms with E-state index in [2.05, 4.69) is 0 Å². The number of hydrogen-bond donors (Lipinski definition) is 1. The Hall–Kier alpha value is -1.11. The van der Waals surface area contributed by atoms with Crippen LogP contribution in [-0.2, 0) is 9.53 Å². The van der Waals surface area contributed by atoms with Gasteiger partial charge in [0.25, 0.3) is 0 Å². The first-order valence-electron chi connectivity index (χ1n) is 7.44. The van der Waals surface area contributed by atoms with E-state index in [4.69, 9.17) is 10.5 Å². The first kappa shape index (κ1) is 17.2. The number of hydrogen-bond acceptors (Lipinski definition) is 4. The summed E-state index contributed by atoms with van der Waals surface area (Å²) in [6, 6.07) is 4.48. The summed E-state index contributed by atoms with van der Waals surface area (Å²) in [5.74, 6) is 0.616. The van der Waals surface area contributed by atoms with Crippen LogP contribution < -0.4 is 5.73 Å². The van der Waals surface area contributed by atoms with E-state index >= 15 is 0 Å². The van der Waals surface area contributed by atoms with Crippen LogP contribution in [0.2, 0.25) is 0 Å². The topological polar surface area (TPSA) is 55.6 Å². The molecule has 1 amide bonds. The van der Waals surface area contributed by atoms with Crippen molar-refractivity contribution in [1.29, 1.82) is 0 Å². The lowest BCUT2D eigenvalue weighted by Gasteiger charge is -2.34. The lowest BCUT2D eigenvalue weighted by Crippen LogP contribution is -2.49. The van der Waals surface area contributed by atoms with Gasteiger partial charge in [0.05, 0.1) is 19.2 Å². The van der Waals surface area contributed by atoms with E-state index in [0.717, 1.165) is 11.3 Å². The van der Waals surface area contributed by atoms with E-state index in [1.807, 2.05) is 6.26 Å². The lowest BCUT2D eigenvalue weighted by atomic mass is 10.0. The molecule has 1 aliphatic heterocycles. The van der Waals surface area contributed by atoms with Crippen LogP contribution >= 0.6 is 11.8 Å². The number of carbonyl (C=O) groups is 1. The van der Waals surface area contributed by atoms with Crippen LogP contribution in [0.3, 0.4) is 0 Å². The third kappa shape index (κ3) is 4.21. The highest BCUT2D eigenvalue weighted by atomic mass is 32.2. The highest BCUT2D eigenvalue weighted by Crippen LogP contribution is 2.24. The Bertz CT molecular complexity index is 527. The maximum atomic E-state index is 13.4. The third-order valence-corrected chi connectivity index (χ3v) is 4.53. The number of amides is 1. The predicted molar refractivity (Wildman–Crippen MR) is 87.4 cm³/mol. The highest BCUT2D eigenvalue weighted by molar-refractivity contribution is 7.98. The van der Waals surface area contributed by atoms with Gasteiger partial charge in [-0.25, -0.2) is 4.39 Å². The number of nitrogens with two attached hydrogens (primary N) is 1. The Labute approximate surface area is 135 Å². The summed E-state index contributed by atoms with van der Waals surface area (Å²) in [4.78, 5) is 14.1. The first-order valence-corrected chi connectivity index (χ1v) is 8.83. The lowest BCUT2D eigenvalue weighted by molar-refractivity contribution is -0.140. The average molecular weight is 326 g/mol. The van der Waals surface area contributed by atoms with Crippen LogP contribution in [0, 0.1) is 12.7 Å². The van der Waals surface area contributed by atoms with Gasteiger partial charge in [-0.2, -0.15) is 11.8 Å². The summed E-state index contributed by atoms with van der Waals surface area (Å²) in [5, 5.41) is 0. The van der Waals surface area contributed by atoms with Gasteiger partial charge in [-0.3, -0.25) is 4.79 Å². The van der Waals surface area contributed by atoms with E-state index in [-0.39, 0.29) is 17.8 Å². The van der Waals surface area contributed by atoms with Gasteiger partial charge in [-0.05, 0) is 42.5 Å². The SMILES string of the molecule is CSCC[C@H](N)C(=O)N1CCO[C@@H](c2ccc(F)c(C)c2)C1. The molecule has 0 spiro atoms. The minimum Gasteiger partial charge on any atom is -0.370 e. The molecule has 1 fully saturated rings. The molecule has 0 saturated carbocycles. The van der Waals surface area contributed by atoms with Crippen LogP contribution in [0.5, 0.6) is 0 Å². The number of rotatable bonds is 5. The highest BCUT2D eigenvalue weighted by Gasteiger charge is 2.28. The van der Waals surface area contributed by atoms with Gasteiger partial charge in [0.1, 0.15) is 11.9 Å². The van der Waals surface area contributed by atoms with Gasteiger partial charge in [0, 0.05) is 6.54 Å². The molecule has 0 aliphatic carbocycles. The maximum absolute atomic E-state index is 13.4. The average Bonchev–Trinajstić information content (AvgIpc) is 2.54. The number of morpholine rings is 1. The summed E-state index contributed by atoms with van der Waals surface area (Å²) in [5.41, 5.74) is 7.45. The van der Waals surface area contributed by atoms with Crippen molar-refractivity contribution in [3.05, 3.63) is 35.1 Å². The molecule has 2 rings (SSSR count). The van der Waals surface area contributed by atoms with Crippen molar-refractivity contribution in [2.75, 3.05) is 31.7 Å². The second kappa shape index (κ2) is 7.94. The van der Waals surface area contributed by atoms with Crippen molar-refractivity contribution in [1.82, 2.24) is 4.90 Å². The Morgan fingerprint density at radius 3 is 3.05 bits per heavy atom. The summed E-state index contributed by atoms with van der Waals surface area (Å²) in [7, 11) is 0. The molecule has 122 valence electrons. The van der Waals surface area contributed by atoms with Gasteiger partial charge in [0.2, 0.25) is 5.91 Å². The molecule has 1 heterocycles. The van der Waals surface area contributed by atoms with Gasteiger partial charge in [-0.1, -0.05) is 12.1 Å². The quantitative estimate of drug-likeness (QED) is 0.900. The fourth-order valence-electron chi connectivity index (χ4n) is 2.52. The molecule has 2 atom stereocenters. The molecule has 22 heavy (non-hydrogen) atoms. The predicted octanol–water partition coefficient (Wildman–Crippen LogP) is 2.11. The summed E-state index contributed by atoms with van der Waals surface area (Å²) in [6.45, 7) is 3.23. The van der Waals surface area contributed by atoms with E-state index in [1.54, 1.807) is 35.7 Å². The summed E-state index contributed by atoms with van der Waals surface area (Å²) in [6.07, 6.45) is 2.46. The zero-order valence-electron chi connectivity index (χ0n) is 13.0. The Morgan fingerprint density at radius 1 is 1.59 bits per heavy atom. The smallest absolute Gasteiger partial charge is 0.239 e. The zero-order chi connectivity index (χ0) is 16.1. The molecule has 1 aromatic carbocycles. The number of ether oxygens (including phenoxy) is 1. The molecule has 0 bridgehead atoms. The van der Waals surface area contributed by atoms with E-state index in [0.29, 0.717) is 31.7 Å². The molecular formula is C16H23FN2O2S. The molecule has 6 heteroatoms. The molecule has 1 aliphatic rings. The molecule has 1 saturated heterocycles. The fraction of sp³-hybridized carbons (Fsp3) is 0.562. The first-order chi connectivity index (χ1) is 10.5. The van der Waals surface area contributed by atoms with Crippen LogP contribution in [0.4, 0.5) is 4.39 Å². The number of aryl methyl sites for hydroxylation is 1. The van der Waals surface area contributed by atoms with Gasteiger partial charge in [-0.15, -0.1) is 0 Å². The molecule has 2 N–H and O–H groups in total. The normalized spacial score (nSPS) is 20.0. The van der Waals surface area contributed by atoms with Crippen molar-refractivity contribution in [2.45, 2.75) is 25.5 Å². The molecule has 1 aromatic rings. The number of nitrogens with zero attached hydrogens (tertiary/aromatic N) is 1. The van der Waals surface area contributed by atoms with Crippen molar-refractivity contribution in [3.63, 3.8) is 0 Å². The second-order valence-corrected chi connectivity index (χ2v) is 6.53. The Balaban J connectivity index is 2.01. The van der Waals surface area contributed by atoms with Crippen molar-refractivity contribution in [2.24, 2.45) is 5.73 Å². The minimum atomic E-state index is -0.457. The van der Waals surface area contributed by atoms with E-state index in [1.165, 1.54) is 6.07 Å². The number of carbonyl (C=O) groups excluding carboxylic acids is 1. The summed E-state index contributed by atoms with van der Waals surface area (Å²) >= 11 is 1.68. The maximum Gasteiger partial charge on any atom is 0.239 e.